The number of benzene rings is 1. The standard InChI is InChI=1S/C16H26N2/c1-3-18-11-7-10-16(13-18)17-14(2)12-15-8-5-4-6-9-15/h4-6,8-9,14,16-17H,3,7,10-13H2,1-2H3. The van der Waals surface area contributed by atoms with Crippen molar-refractivity contribution < 1.29 is 0 Å². The van der Waals surface area contributed by atoms with Gasteiger partial charge in [-0.3, -0.25) is 0 Å². The Balaban J connectivity index is 1.78. The SMILES string of the molecule is CCN1CCCC(NC(C)Cc2ccccc2)C1. The molecule has 0 spiro atoms. The highest BCUT2D eigenvalue weighted by molar-refractivity contribution is 5.15. The Morgan fingerprint density at radius 2 is 2.11 bits per heavy atom. The van der Waals surface area contributed by atoms with Gasteiger partial charge in [0.1, 0.15) is 0 Å². The number of likely N-dealkylation sites (N-methyl/N-ethyl adjacent to an activating group) is 1. The van der Waals surface area contributed by atoms with Crippen molar-refractivity contribution in [3.8, 4) is 0 Å². The molecule has 1 N–H and O–H groups in total. The van der Waals surface area contributed by atoms with Crippen molar-refractivity contribution in [2.45, 2.75) is 45.2 Å². The Kier molecular flexibility index (Phi) is 5.21. The van der Waals surface area contributed by atoms with Crippen LogP contribution in [0.25, 0.3) is 0 Å². The fourth-order valence-electron chi connectivity index (χ4n) is 2.91. The minimum atomic E-state index is 0.564. The molecule has 18 heavy (non-hydrogen) atoms. The maximum atomic E-state index is 3.79. The van der Waals surface area contributed by atoms with Crippen molar-refractivity contribution in [3.05, 3.63) is 35.9 Å². The van der Waals surface area contributed by atoms with Crippen LogP contribution < -0.4 is 5.32 Å². The second-order valence-corrected chi connectivity index (χ2v) is 5.49. The minimum Gasteiger partial charge on any atom is -0.310 e. The molecular formula is C16H26N2. The molecule has 2 atom stereocenters. The van der Waals surface area contributed by atoms with Crippen LogP contribution in [0.15, 0.2) is 30.3 Å². The van der Waals surface area contributed by atoms with E-state index in [0.29, 0.717) is 12.1 Å². The second-order valence-electron chi connectivity index (χ2n) is 5.49. The number of hydrogen-bond acceptors (Lipinski definition) is 2. The number of piperidine rings is 1. The van der Waals surface area contributed by atoms with Gasteiger partial charge in [-0.05, 0) is 44.8 Å². The molecule has 1 aromatic rings. The van der Waals surface area contributed by atoms with Crippen LogP contribution in [0.3, 0.4) is 0 Å². The lowest BCUT2D eigenvalue weighted by molar-refractivity contribution is 0.192. The zero-order chi connectivity index (χ0) is 12.8. The number of nitrogens with zero attached hydrogens (tertiary/aromatic N) is 1. The smallest absolute Gasteiger partial charge is 0.0198 e. The fraction of sp³-hybridized carbons (Fsp3) is 0.625. The number of nitrogens with one attached hydrogen (secondary N) is 1. The predicted molar refractivity (Wildman–Crippen MR) is 77.9 cm³/mol. The van der Waals surface area contributed by atoms with Crippen molar-refractivity contribution in [1.29, 1.82) is 0 Å². The Hall–Kier alpha value is -0.860. The Bertz CT molecular complexity index is 336. The molecule has 2 unspecified atom stereocenters. The molecule has 1 fully saturated rings. The first-order valence-corrected chi connectivity index (χ1v) is 7.30. The van der Waals surface area contributed by atoms with E-state index in [4.69, 9.17) is 0 Å². The van der Waals surface area contributed by atoms with E-state index < -0.39 is 0 Å². The third-order valence-corrected chi connectivity index (χ3v) is 3.86. The summed E-state index contributed by atoms with van der Waals surface area (Å²) in [4.78, 5) is 2.55. The summed E-state index contributed by atoms with van der Waals surface area (Å²) in [7, 11) is 0. The summed E-state index contributed by atoms with van der Waals surface area (Å²) in [6.45, 7) is 8.25. The quantitative estimate of drug-likeness (QED) is 0.859. The van der Waals surface area contributed by atoms with Crippen molar-refractivity contribution >= 4 is 0 Å². The first kappa shape index (κ1) is 13.6. The van der Waals surface area contributed by atoms with Gasteiger partial charge in [0.05, 0.1) is 0 Å². The molecule has 2 rings (SSSR count). The minimum absolute atomic E-state index is 0.564. The second kappa shape index (κ2) is 6.91. The van der Waals surface area contributed by atoms with E-state index in [1.807, 2.05) is 0 Å². The molecule has 0 aliphatic carbocycles. The molecule has 2 nitrogen and oxygen atoms in total. The van der Waals surface area contributed by atoms with Gasteiger partial charge in [-0.1, -0.05) is 37.3 Å². The van der Waals surface area contributed by atoms with Crippen LogP contribution in [0, 0.1) is 0 Å². The molecule has 0 bridgehead atoms. The molecule has 100 valence electrons. The highest BCUT2D eigenvalue weighted by atomic mass is 15.2. The summed E-state index contributed by atoms with van der Waals surface area (Å²) >= 11 is 0. The molecule has 0 saturated carbocycles. The van der Waals surface area contributed by atoms with Gasteiger partial charge in [0, 0.05) is 18.6 Å². The average Bonchev–Trinajstić information content (AvgIpc) is 2.40. The highest BCUT2D eigenvalue weighted by Crippen LogP contribution is 2.11. The summed E-state index contributed by atoms with van der Waals surface area (Å²) < 4.78 is 0. The van der Waals surface area contributed by atoms with Crippen LogP contribution in [-0.4, -0.2) is 36.6 Å². The van der Waals surface area contributed by atoms with Crippen LogP contribution in [0.5, 0.6) is 0 Å². The van der Waals surface area contributed by atoms with Gasteiger partial charge in [0.2, 0.25) is 0 Å². The van der Waals surface area contributed by atoms with Crippen LogP contribution in [0.4, 0.5) is 0 Å². The van der Waals surface area contributed by atoms with Crippen molar-refractivity contribution in [3.63, 3.8) is 0 Å². The summed E-state index contributed by atoms with van der Waals surface area (Å²) in [5.41, 5.74) is 1.43. The van der Waals surface area contributed by atoms with Gasteiger partial charge in [-0.2, -0.15) is 0 Å². The summed E-state index contributed by atoms with van der Waals surface area (Å²) in [5.74, 6) is 0. The van der Waals surface area contributed by atoms with Crippen LogP contribution >= 0.6 is 0 Å². The molecule has 1 aliphatic rings. The van der Waals surface area contributed by atoms with E-state index in [0.717, 1.165) is 6.42 Å². The normalized spacial score (nSPS) is 22.9. The predicted octanol–water partition coefficient (Wildman–Crippen LogP) is 2.69. The molecule has 0 amide bonds. The third kappa shape index (κ3) is 4.11. The summed E-state index contributed by atoms with van der Waals surface area (Å²) in [6, 6.07) is 12.0. The molecule has 2 heteroatoms. The Morgan fingerprint density at radius 3 is 2.83 bits per heavy atom. The van der Waals surface area contributed by atoms with E-state index >= 15 is 0 Å². The number of rotatable bonds is 5. The largest absolute Gasteiger partial charge is 0.310 e. The zero-order valence-electron chi connectivity index (χ0n) is 11.7. The van der Waals surface area contributed by atoms with Crippen LogP contribution in [0.1, 0.15) is 32.3 Å². The van der Waals surface area contributed by atoms with Crippen molar-refractivity contribution in [1.82, 2.24) is 10.2 Å². The Labute approximate surface area is 111 Å². The van der Waals surface area contributed by atoms with Gasteiger partial charge in [0.15, 0.2) is 0 Å². The maximum absolute atomic E-state index is 3.79. The maximum Gasteiger partial charge on any atom is 0.0198 e. The monoisotopic (exact) mass is 246 g/mol. The topological polar surface area (TPSA) is 15.3 Å². The van der Waals surface area contributed by atoms with Crippen molar-refractivity contribution in [2.75, 3.05) is 19.6 Å². The fourth-order valence-corrected chi connectivity index (χ4v) is 2.91. The molecule has 0 radical (unpaired) electrons. The number of hydrogen-bond donors (Lipinski definition) is 1. The van der Waals surface area contributed by atoms with Crippen LogP contribution in [-0.2, 0) is 6.42 Å². The van der Waals surface area contributed by atoms with Crippen molar-refractivity contribution in [2.24, 2.45) is 0 Å². The van der Waals surface area contributed by atoms with Gasteiger partial charge >= 0.3 is 0 Å². The molecule has 1 aromatic carbocycles. The molecule has 1 saturated heterocycles. The van der Waals surface area contributed by atoms with Gasteiger partial charge in [-0.15, -0.1) is 0 Å². The van der Waals surface area contributed by atoms with E-state index in [9.17, 15) is 0 Å². The first-order valence-electron chi connectivity index (χ1n) is 7.30. The van der Waals surface area contributed by atoms with Crippen LogP contribution in [0.2, 0.25) is 0 Å². The summed E-state index contributed by atoms with van der Waals surface area (Å²) in [6.07, 6.45) is 3.79. The molecule has 0 aromatic heterocycles. The summed E-state index contributed by atoms with van der Waals surface area (Å²) in [5, 5.41) is 3.79. The zero-order valence-corrected chi connectivity index (χ0v) is 11.7. The van der Waals surface area contributed by atoms with Gasteiger partial charge in [-0.25, -0.2) is 0 Å². The van der Waals surface area contributed by atoms with E-state index in [1.165, 1.54) is 38.0 Å². The average molecular weight is 246 g/mol. The lowest BCUT2D eigenvalue weighted by Crippen LogP contribution is -2.48. The van der Waals surface area contributed by atoms with Gasteiger partial charge < -0.3 is 10.2 Å². The van der Waals surface area contributed by atoms with Gasteiger partial charge in [0.25, 0.3) is 0 Å². The number of likely N-dealkylation sites (tertiary alicyclic amines) is 1. The van der Waals surface area contributed by atoms with E-state index in [2.05, 4.69) is 54.4 Å². The lowest BCUT2D eigenvalue weighted by Gasteiger charge is -2.34. The molecule has 1 heterocycles. The highest BCUT2D eigenvalue weighted by Gasteiger charge is 2.19. The lowest BCUT2D eigenvalue weighted by atomic mass is 10.0. The Morgan fingerprint density at radius 1 is 1.33 bits per heavy atom. The van der Waals surface area contributed by atoms with E-state index in [1.54, 1.807) is 0 Å². The molecule has 1 aliphatic heterocycles. The first-order chi connectivity index (χ1) is 8.78. The van der Waals surface area contributed by atoms with E-state index in [-0.39, 0.29) is 0 Å². The third-order valence-electron chi connectivity index (χ3n) is 3.86. The molecular weight excluding hydrogens is 220 g/mol.